The van der Waals surface area contributed by atoms with Gasteiger partial charge in [-0.2, -0.15) is 0 Å². The zero-order chi connectivity index (χ0) is 15.0. The standard InChI is InChI=1S/C15H28N4S.HI/c1-6-12-10-18-13(20-12)11-19-14(16-5)17-9-7-8-15(2,3)4;/h10H,6-9,11H2,1-5H3,(H2,16,17,19);1H. The smallest absolute Gasteiger partial charge is 0.191 e. The van der Waals surface area contributed by atoms with Crippen LogP contribution in [0.15, 0.2) is 11.2 Å². The van der Waals surface area contributed by atoms with Crippen molar-refractivity contribution >= 4 is 41.3 Å². The molecule has 0 spiro atoms. The predicted molar refractivity (Wildman–Crippen MR) is 104 cm³/mol. The van der Waals surface area contributed by atoms with Crippen LogP contribution in [0.1, 0.15) is 50.4 Å². The molecule has 122 valence electrons. The Kier molecular flexibility index (Phi) is 10.2. The van der Waals surface area contributed by atoms with E-state index in [-0.39, 0.29) is 24.0 Å². The molecule has 0 aliphatic heterocycles. The Morgan fingerprint density at radius 1 is 1.33 bits per heavy atom. The molecule has 0 saturated heterocycles. The molecule has 1 heterocycles. The average Bonchev–Trinajstić information content (AvgIpc) is 2.84. The fourth-order valence-electron chi connectivity index (χ4n) is 1.80. The van der Waals surface area contributed by atoms with Gasteiger partial charge in [-0.1, -0.05) is 27.7 Å². The van der Waals surface area contributed by atoms with E-state index in [1.807, 2.05) is 6.20 Å². The van der Waals surface area contributed by atoms with Crippen LogP contribution in [0.25, 0.3) is 0 Å². The third kappa shape index (κ3) is 9.29. The Bertz CT molecular complexity index is 424. The van der Waals surface area contributed by atoms with E-state index in [1.165, 1.54) is 11.3 Å². The Hall–Kier alpha value is -0.370. The summed E-state index contributed by atoms with van der Waals surface area (Å²) in [7, 11) is 1.80. The van der Waals surface area contributed by atoms with Crippen LogP contribution in [-0.2, 0) is 13.0 Å². The summed E-state index contributed by atoms with van der Waals surface area (Å²) >= 11 is 1.76. The van der Waals surface area contributed by atoms with Crippen molar-refractivity contribution in [1.82, 2.24) is 15.6 Å². The third-order valence-electron chi connectivity index (χ3n) is 2.98. The number of nitrogens with zero attached hydrogens (tertiary/aromatic N) is 2. The molecule has 21 heavy (non-hydrogen) atoms. The van der Waals surface area contributed by atoms with Gasteiger partial charge in [0.15, 0.2) is 5.96 Å². The zero-order valence-electron chi connectivity index (χ0n) is 13.8. The van der Waals surface area contributed by atoms with Crippen molar-refractivity contribution in [2.75, 3.05) is 13.6 Å². The normalized spacial score (nSPS) is 12.0. The van der Waals surface area contributed by atoms with Gasteiger partial charge in [0, 0.05) is 24.7 Å². The summed E-state index contributed by atoms with van der Waals surface area (Å²) in [6.45, 7) is 10.7. The van der Waals surface area contributed by atoms with Crippen LogP contribution in [0.2, 0.25) is 0 Å². The minimum atomic E-state index is 0. The van der Waals surface area contributed by atoms with E-state index in [0.29, 0.717) is 5.41 Å². The van der Waals surface area contributed by atoms with Crippen LogP contribution in [-0.4, -0.2) is 24.5 Å². The quantitative estimate of drug-likeness (QED) is 0.316. The topological polar surface area (TPSA) is 49.3 Å². The molecule has 2 N–H and O–H groups in total. The fraction of sp³-hybridized carbons (Fsp3) is 0.733. The molecule has 0 unspecified atom stereocenters. The predicted octanol–water partition coefficient (Wildman–Crippen LogP) is 3.81. The molecule has 0 amide bonds. The number of aromatic nitrogens is 1. The highest BCUT2D eigenvalue weighted by atomic mass is 127. The van der Waals surface area contributed by atoms with Crippen molar-refractivity contribution in [3.05, 3.63) is 16.1 Å². The van der Waals surface area contributed by atoms with Gasteiger partial charge in [0.2, 0.25) is 0 Å². The van der Waals surface area contributed by atoms with E-state index >= 15 is 0 Å². The minimum absolute atomic E-state index is 0. The largest absolute Gasteiger partial charge is 0.356 e. The number of rotatable bonds is 6. The SMILES string of the molecule is CCc1cnc(CNC(=NC)NCCCC(C)(C)C)s1.I. The number of guanidine groups is 1. The van der Waals surface area contributed by atoms with Crippen LogP contribution < -0.4 is 10.6 Å². The van der Waals surface area contributed by atoms with Gasteiger partial charge in [-0.15, -0.1) is 35.3 Å². The Morgan fingerprint density at radius 3 is 2.57 bits per heavy atom. The van der Waals surface area contributed by atoms with E-state index in [4.69, 9.17) is 0 Å². The first kappa shape index (κ1) is 20.6. The zero-order valence-corrected chi connectivity index (χ0v) is 17.0. The lowest BCUT2D eigenvalue weighted by Gasteiger charge is -2.18. The molecular weight excluding hydrogens is 395 g/mol. The molecule has 0 aromatic carbocycles. The Morgan fingerprint density at radius 2 is 2.05 bits per heavy atom. The maximum atomic E-state index is 4.40. The molecule has 6 heteroatoms. The highest BCUT2D eigenvalue weighted by Gasteiger charge is 2.09. The van der Waals surface area contributed by atoms with Crippen molar-refractivity contribution in [1.29, 1.82) is 0 Å². The van der Waals surface area contributed by atoms with Crippen molar-refractivity contribution in [2.45, 2.75) is 53.5 Å². The molecule has 4 nitrogen and oxygen atoms in total. The molecule has 0 fully saturated rings. The molecule has 1 rings (SSSR count). The van der Waals surface area contributed by atoms with E-state index in [2.05, 4.69) is 48.3 Å². The van der Waals surface area contributed by atoms with E-state index < -0.39 is 0 Å². The highest BCUT2D eigenvalue weighted by molar-refractivity contribution is 14.0. The first-order valence-corrected chi connectivity index (χ1v) is 8.14. The van der Waals surface area contributed by atoms with Crippen LogP contribution in [0.4, 0.5) is 0 Å². The molecular formula is C15H29IN4S. The summed E-state index contributed by atoms with van der Waals surface area (Å²) in [5.41, 5.74) is 0.399. The van der Waals surface area contributed by atoms with Crippen molar-refractivity contribution in [3.8, 4) is 0 Å². The number of thiazole rings is 1. The van der Waals surface area contributed by atoms with Gasteiger partial charge in [-0.3, -0.25) is 4.99 Å². The second-order valence-corrected chi connectivity index (χ2v) is 7.29. The lowest BCUT2D eigenvalue weighted by Crippen LogP contribution is -2.37. The minimum Gasteiger partial charge on any atom is -0.356 e. The van der Waals surface area contributed by atoms with Gasteiger partial charge in [-0.05, 0) is 24.7 Å². The molecule has 0 aliphatic carbocycles. The highest BCUT2D eigenvalue weighted by Crippen LogP contribution is 2.19. The second kappa shape index (κ2) is 10.4. The van der Waals surface area contributed by atoms with E-state index in [9.17, 15) is 0 Å². The summed E-state index contributed by atoms with van der Waals surface area (Å²) in [4.78, 5) is 9.96. The first-order chi connectivity index (χ1) is 9.44. The van der Waals surface area contributed by atoms with Crippen LogP contribution in [0.5, 0.6) is 0 Å². The van der Waals surface area contributed by atoms with Crippen molar-refractivity contribution in [3.63, 3.8) is 0 Å². The Labute approximate surface area is 150 Å². The van der Waals surface area contributed by atoms with Gasteiger partial charge < -0.3 is 10.6 Å². The number of halogens is 1. The summed E-state index contributed by atoms with van der Waals surface area (Å²) in [6.07, 6.45) is 5.38. The summed E-state index contributed by atoms with van der Waals surface area (Å²) in [5, 5.41) is 7.77. The lowest BCUT2D eigenvalue weighted by molar-refractivity contribution is 0.365. The number of hydrogen-bond acceptors (Lipinski definition) is 3. The third-order valence-corrected chi connectivity index (χ3v) is 4.12. The van der Waals surface area contributed by atoms with E-state index in [1.54, 1.807) is 18.4 Å². The monoisotopic (exact) mass is 424 g/mol. The van der Waals surface area contributed by atoms with Gasteiger partial charge >= 0.3 is 0 Å². The van der Waals surface area contributed by atoms with Crippen LogP contribution >= 0.6 is 35.3 Å². The molecule has 1 aromatic rings. The number of aliphatic imine (C=N–C) groups is 1. The number of aryl methyl sites for hydroxylation is 1. The Balaban J connectivity index is 0.00000400. The lowest BCUT2D eigenvalue weighted by atomic mass is 9.91. The second-order valence-electron chi connectivity index (χ2n) is 6.09. The summed E-state index contributed by atoms with van der Waals surface area (Å²) in [5.74, 6) is 0.854. The van der Waals surface area contributed by atoms with Gasteiger partial charge in [-0.25, -0.2) is 4.98 Å². The van der Waals surface area contributed by atoms with Crippen LogP contribution in [0, 0.1) is 5.41 Å². The number of hydrogen-bond donors (Lipinski definition) is 2. The first-order valence-electron chi connectivity index (χ1n) is 7.32. The fourth-order valence-corrected chi connectivity index (χ4v) is 2.60. The molecule has 0 saturated carbocycles. The summed E-state index contributed by atoms with van der Waals surface area (Å²) in [6, 6.07) is 0. The molecule has 0 bridgehead atoms. The van der Waals surface area contributed by atoms with Gasteiger partial charge in [0.25, 0.3) is 0 Å². The van der Waals surface area contributed by atoms with Gasteiger partial charge in [0.05, 0.1) is 6.54 Å². The molecule has 1 aromatic heterocycles. The molecule has 0 atom stereocenters. The maximum absolute atomic E-state index is 4.40. The van der Waals surface area contributed by atoms with Gasteiger partial charge in [0.1, 0.15) is 5.01 Å². The van der Waals surface area contributed by atoms with E-state index in [0.717, 1.165) is 36.9 Å². The van der Waals surface area contributed by atoms with Crippen LogP contribution in [0.3, 0.4) is 0 Å². The maximum Gasteiger partial charge on any atom is 0.191 e. The molecule has 0 radical (unpaired) electrons. The molecule has 0 aliphatic rings. The summed E-state index contributed by atoms with van der Waals surface area (Å²) < 4.78 is 0. The van der Waals surface area contributed by atoms with Crippen molar-refractivity contribution < 1.29 is 0 Å². The van der Waals surface area contributed by atoms with Crippen molar-refractivity contribution in [2.24, 2.45) is 10.4 Å². The average molecular weight is 424 g/mol. The number of nitrogens with one attached hydrogen (secondary N) is 2.